The van der Waals surface area contributed by atoms with Gasteiger partial charge in [0.05, 0.1) is 17.7 Å². The number of carbonyl (C=O) groups is 2. The molecule has 0 bridgehead atoms. The maximum atomic E-state index is 12.6. The lowest BCUT2D eigenvalue weighted by Crippen LogP contribution is -2.28. The number of hydrogen-bond acceptors (Lipinski definition) is 6. The van der Waals surface area contributed by atoms with Crippen molar-refractivity contribution in [2.75, 3.05) is 11.9 Å². The van der Waals surface area contributed by atoms with Crippen molar-refractivity contribution >= 4 is 34.1 Å². The molecule has 4 rings (SSSR count). The second-order valence-electron chi connectivity index (χ2n) is 6.70. The first-order valence-corrected chi connectivity index (χ1v) is 9.38. The second kappa shape index (κ2) is 7.78. The van der Waals surface area contributed by atoms with E-state index in [1.54, 1.807) is 31.2 Å². The number of hydrogen-bond donors (Lipinski definition) is 1. The summed E-state index contributed by atoms with van der Waals surface area (Å²) in [6.45, 7) is 3.69. The number of rotatable bonds is 5. The SMILES string of the molecule is CCOC(=O)c1ccc(NC(=O)Cn2nc3c4cccc(C)c4ncn3c2=O)cc1. The highest BCUT2D eigenvalue weighted by molar-refractivity contribution is 5.94. The Balaban J connectivity index is 1.55. The number of aromatic nitrogens is 4. The van der Waals surface area contributed by atoms with Crippen molar-refractivity contribution < 1.29 is 14.3 Å². The number of nitrogens with zero attached hydrogens (tertiary/aromatic N) is 4. The maximum absolute atomic E-state index is 12.6. The summed E-state index contributed by atoms with van der Waals surface area (Å²) in [6.07, 6.45) is 1.42. The van der Waals surface area contributed by atoms with Gasteiger partial charge in [-0.15, -0.1) is 5.10 Å². The van der Waals surface area contributed by atoms with E-state index in [9.17, 15) is 14.4 Å². The summed E-state index contributed by atoms with van der Waals surface area (Å²) in [7, 11) is 0. The molecule has 152 valence electrons. The van der Waals surface area contributed by atoms with E-state index >= 15 is 0 Å². The second-order valence-corrected chi connectivity index (χ2v) is 6.70. The van der Waals surface area contributed by atoms with Crippen LogP contribution in [0.4, 0.5) is 5.69 Å². The summed E-state index contributed by atoms with van der Waals surface area (Å²) >= 11 is 0. The summed E-state index contributed by atoms with van der Waals surface area (Å²) in [4.78, 5) is 41.1. The van der Waals surface area contributed by atoms with Crippen LogP contribution in [0.25, 0.3) is 16.6 Å². The van der Waals surface area contributed by atoms with Crippen LogP contribution in [-0.2, 0) is 16.1 Å². The van der Waals surface area contributed by atoms with Crippen LogP contribution in [0.3, 0.4) is 0 Å². The van der Waals surface area contributed by atoms with Gasteiger partial charge in [-0.2, -0.15) is 0 Å². The number of ether oxygens (including phenoxy) is 1. The molecule has 1 amide bonds. The summed E-state index contributed by atoms with van der Waals surface area (Å²) in [5, 5.41) is 7.76. The molecule has 1 N–H and O–H groups in total. The van der Waals surface area contributed by atoms with Gasteiger partial charge < -0.3 is 10.1 Å². The zero-order chi connectivity index (χ0) is 21.3. The molecule has 0 saturated heterocycles. The van der Waals surface area contributed by atoms with Gasteiger partial charge in [0.25, 0.3) is 0 Å². The topological polar surface area (TPSA) is 108 Å². The first-order chi connectivity index (χ1) is 14.5. The van der Waals surface area contributed by atoms with Crippen molar-refractivity contribution in [3.63, 3.8) is 0 Å². The highest BCUT2D eigenvalue weighted by atomic mass is 16.5. The van der Waals surface area contributed by atoms with Crippen LogP contribution in [0.2, 0.25) is 0 Å². The van der Waals surface area contributed by atoms with E-state index in [1.807, 2.05) is 25.1 Å². The Morgan fingerprint density at radius 1 is 1.13 bits per heavy atom. The number of anilines is 1. The predicted molar refractivity (Wildman–Crippen MR) is 111 cm³/mol. The molecule has 30 heavy (non-hydrogen) atoms. The molecule has 2 aromatic heterocycles. The number of carbonyl (C=O) groups excluding carboxylic acids is 2. The molecule has 9 nitrogen and oxygen atoms in total. The molecule has 2 aromatic carbocycles. The number of nitrogens with one attached hydrogen (secondary N) is 1. The van der Waals surface area contributed by atoms with Crippen LogP contribution < -0.4 is 11.0 Å². The first-order valence-electron chi connectivity index (χ1n) is 9.38. The third kappa shape index (κ3) is 3.52. The average Bonchev–Trinajstić information content (AvgIpc) is 3.05. The largest absolute Gasteiger partial charge is 0.462 e. The molecule has 0 spiro atoms. The third-order valence-electron chi connectivity index (χ3n) is 4.62. The van der Waals surface area contributed by atoms with Gasteiger partial charge in [0, 0.05) is 11.1 Å². The smallest absolute Gasteiger partial charge is 0.352 e. The molecular weight excluding hydrogens is 386 g/mol. The van der Waals surface area contributed by atoms with E-state index in [0.717, 1.165) is 21.1 Å². The standard InChI is InChI=1S/C21H19N5O4/c1-3-30-20(28)14-7-9-15(10-8-14)23-17(27)11-26-21(29)25-12-22-18-13(2)5-4-6-16(18)19(25)24-26/h4-10,12H,3,11H2,1-2H3,(H,23,27). The number of benzene rings is 2. The van der Waals surface area contributed by atoms with Crippen molar-refractivity contribution in [3.05, 3.63) is 70.4 Å². The zero-order valence-electron chi connectivity index (χ0n) is 16.5. The van der Waals surface area contributed by atoms with Gasteiger partial charge in [-0.25, -0.2) is 23.7 Å². The fourth-order valence-corrected chi connectivity index (χ4v) is 3.18. The first kappa shape index (κ1) is 19.3. The summed E-state index contributed by atoms with van der Waals surface area (Å²) < 4.78 is 7.35. The molecule has 0 unspecified atom stereocenters. The van der Waals surface area contributed by atoms with E-state index < -0.39 is 17.6 Å². The molecule has 0 aliphatic rings. The van der Waals surface area contributed by atoms with Crippen LogP contribution >= 0.6 is 0 Å². The molecule has 0 saturated carbocycles. The Morgan fingerprint density at radius 2 is 1.90 bits per heavy atom. The highest BCUT2D eigenvalue weighted by Crippen LogP contribution is 2.18. The molecule has 4 aromatic rings. The zero-order valence-corrected chi connectivity index (χ0v) is 16.5. The van der Waals surface area contributed by atoms with E-state index in [0.29, 0.717) is 16.9 Å². The Bertz CT molecular complexity index is 1320. The molecule has 2 heterocycles. The number of aryl methyl sites for hydroxylation is 1. The molecule has 0 aliphatic heterocycles. The lowest BCUT2D eigenvalue weighted by Gasteiger charge is -2.06. The van der Waals surface area contributed by atoms with Crippen molar-refractivity contribution in [1.82, 2.24) is 19.2 Å². The van der Waals surface area contributed by atoms with Gasteiger partial charge in [0.15, 0.2) is 5.65 Å². The molecule has 0 fully saturated rings. The van der Waals surface area contributed by atoms with E-state index in [-0.39, 0.29) is 13.2 Å². The Kier molecular flexibility index (Phi) is 5.01. The van der Waals surface area contributed by atoms with E-state index in [2.05, 4.69) is 15.4 Å². The average molecular weight is 405 g/mol. The Labute approximate surface area is 170 Å². The minimum Gasteiger partial charge on any atom is -0.462 e. The van der Waals surface area contributed by atoms with Crippen LogP contribution in [0, 0.1) is 6.92 Å². The van der Waals surface area contributed by atoms with Gasteiger partial charge in [0.2, 0.25) is 5.91 Å². The number of fused-ring (bicyclic) bond motifs is 3. The molecule has 9 heteroatoms. The van der Waals surface area contributed by atoms with E-state index in [4.69, 9.17) is 4.74 Å². The minimum atomic E-state index is -0.450. The Morgan fingerprint density at radius 3 is 2.63 bits per heavy atom. The highest BCUT2D eigenvalue weighted by Gasteiger charge is 2.14. The van der Waals surface area contributed by atoms with Crippen LogP contribution in [0.1, 0.15) is 22.8 Å². The van der Waals surface area contributed by atoms with Gasteiger partial charge >= 0.3 is 11.7 Å². The molecule has 0 atom stereocenters. The lowest BCUT2D eigenvalue weighted by molar-refractivity contribution is -0.117. The quantitative estimate of drug-likeness (QED) is 0.510. The normalized spacial score (nSPS) is 11.0. The molecule has 0 aliphatic carbocycles. The summed E-state index contributed by atoms with van der Waals surface area (Å²) in [5.41, 5.74) is 2.61. The third-order valence-corrected chi connectivity index (χ3v) is 4.62. The number of amides is 1. The fourth-order valence-electron chi connectivity index (χ4n) is 3.18. The van der Waals surface area contributed by atoms with E-state index in [1.165, 1.54) is 10.7 Å². The number of para-hydroxylation sites is 1. The summed E-state index contributed by atoms with van der Waals surface area (Å²) in [6, 6.07) is 12.0. The van der Waals surface area contributed by atoms with Crippen LogP contribution in [-0.4, -0.2) is 37.6 Å². The molecule has 0 radical (unpaired) electrons. The van der Waals surface area contributed by atoms with Gasteiger partial charge in [0.1, 0.15) is 12.9 Å². The van der Waals surface area contributed by atoms with Gasteiger partial charge in [-0.3, -0.25) is 4.79 Å². The van der Waals surface area contributed by atoms with Gasteiger partial charge in [-0.05, 0) is 49.7 Å². The fraction of sp³-hybridized carbons (Fsp3) is 0.190. The van der Waals surface area contributed by atoms with Crippen molar-refractivity contribution in [2.24, 2.45) is 0 Å². The molecular formula is C21H19N5O4. The maximum Gasteiger partial charge on any atom is 0.352 e. The number of esters is 1. The Hall–Kier alpha value is -4.01. The monoisotopic (exact) mass is 405 g/mol. The predicted octanol–water partition coefficient (Wildman–Crippen LogP) is 2.17. The summed E-state index contributed by atoms with van der Waals surface area (Å²) in [5.74, 6) is -0.847. The lowest BCUT2D eigenvalue weighted by atomic mass is 10.1. The minimum absolute atomic E-state index is 0.256. The van der Waals surface area contributed by atoms with Crippen LogP contribution in [0.5, 0.6) is 0 Å². The van der Waals surface area contributed by atoms with Gasteiger partial charge in [-0.1, -0.05) is 12.1 Å². The van der Waals surface area contributed by atoms with Crippen molar-refractivity contribution in [3.8, 4) is 0 Å². The van der Waals surface area contributed by atoms with Crippen molar-refractivity contribution in [1.29, 1.82) is 0 Å². The van der Waals surface area contributed by atoms with Crippen LogP contribution in [0.15, 0.2) is 53.6 Å². The van der Waals surface area contributed by atoms with Crippen molar-refractivity contribution in [2.45, 2.75) is 20.4 Å².